The van der Waals surface area contributed by atoms with Gasteiger partial charge in [0.05, 0.1) is 17.1 Å². The van der Waals surface area contributed by atoms with Crippen LogP contribution in [0.25, 0.3) is 17.1 Å². The normalized spacial score (nSPS) is 15.1. The van der Waals surface area contributed by atoms with E-state index in [9.17, 15) is 22.8 Å². The number of alkyl halides is 3. The highest BCUT2D eigenvalue weighted by molar-refractivity contribution is 8.15. The summed E-state index contributed by atoms with van der Waals surface area (Å²) in [5.74, 6) is 0.190. The number of hydrogen-bond donors (Lipinski definition) is 1. The minimum Gasteiger partial charge on any atom is -0.406 e. The average Bonchev–Trinajstić information content (AvgIpc) is 3.59. The quantitative estimate of drug-likeness (QED) is 0.246. The van der Waals surface area contributed by atoms with Gasteiger partial charge in [0, 0.05) is 12.1 Å². The summed E-state index contributed by atoms with van der Waals surface area (Å²) in [5, 5.41) is 7.63. The van der Waals surface area contributed by atoms with Gasteiger partial charge in [-0.2, -0.15) is 4.99 Å². The molecule has 13 heteroatoms. The Morgan fingerprint density at radius 2 is 1.73 bits per heavy atom. The third-order valence-corrected chi connectivity index (χ3v) is 7.87. The molecule has 1 aromatic heterocycles. The van der Waals surface area contributed by atoms with Crippen LogP contribution < -0.4 is 15.0 Å². The van der Waals surface area contributed by atoms with Crippen LogP contribution >= 0.6 is 11.8 Å². The number of urea groups is 1. The van der Waals surface area contributed by atoms with E-state index < -0.39 is 12.4 Å². The maximum Gasteiger partial charge on any atom is 0.573 e. The SMILES string of the molecule is Cc1cc(C)c(N2C(=O)CSC2=NC(=O)NCC(C)c2ccc(-c3ncn(-c4ccc(OC(F)(F)F)cc4)n3)cc2)c(C)c1. The van der Waals surface area contributed by atoms with E-state index in [1.165, 1.54) is 51.9 Å². The van der Waals surface area contributed by atoms with Crippen molar-refractivity contribution in [1.82, 2.24) is 20.1 Å². The molecular weight excluding hydrogens is 593 g/mol. The third-order valence-electron chi connectivity index (χ3n) is 6.95. The first-order valence-corrected chi connectivity index (χ1v) is 14.6. The van der Waals surface area contributed by atoms with Crippen LogP contribution in [-0.2, 0) is 4.79 Å². The van der Waals surface area contributed by atoms with Crippen LogP contribution in [0.4, 0.5) is 23.7 Å². The van der Waals surface area contributed by atoms with Crippen molar-refractivity contribution in [2.75, 3.05) is 17.2 Å². The highest BCUT2D eigenvalue weighted by Gasteiger charge is 2.33. The Kier molecular flexibility index (Phi) is 8.77. The average molecular weight is 623 g/mol. The van der Waals surface area contributed by atoms with Gasteiger partial charge in [-0.05, 0) is 67.6 Å². The van der Waals surface area contributed by atoms with Gasteiger partial charge in [0.1, 0.15) is 12.1 Å². The van der Waals surface area contributed by atoms with Gasteiger partial charge >= 0.3 is 12.4 Å². The lowest BCUT2D eigenvalue weighted by molar-refractivity contribution is -0.274. The lowest BCUT2D eigenvalue weighted by Crippen LogP contribution is -2.33. The van der Waals surface area contributed by atoms with Gasteiger partial charge in [-0.3, -0.25) is 9.69 Å². The summed E-state index contributed by atoms with van der Waals surface area (Å²) in [7, 11) is 0. The van der Waals surface area contributed by atoms with Crippen molar-refractivity contribution in [2.24, 2.45) is 4.99 Å². The zero-order valence-electron chi connectivity index (χ0n) is 24.3. The molecule has 0 spiro atoms. The molecular formula is C31H29F3N6O3S. The molecule has 2 heterocycles. The number of anilines is 1. The predicted octanol–water partition coefficient (Wildman–Crippen LogP) is 6.71. The Morgan fingerprint density at radius 3 is 2.36 bits per heavy atom. The number of aryl methyl sites for hydroxylation is 3. The van der Waals surface area contributed by atoms with Crippen molar-refractivity contribution in [1.29, 1.82) is 0 Å². The molecule has 9 nitrogen and oxygen atoms in total. The van der Waals surface area contributed by atoms with Crippen molar-refractivity contribution in [3.8, 4) is 22.8 Å². The van der Waals surface area contributed by atoms with Gasteiger partial charge in [-0.25, -0.2) is 14.5 Å². The lowest BCUT2D eigenvalue weighted by Gasteiger charge is -2.21. The summed E-state index contributed by atoms with van der Waals surface area (Å²) in [6, 6.07) is 16.4. The number of carbonyl (C=O) groups excluding carboxylic acids is 2. The molecule has 3 aromatic carbocycles. The minimum absolute atomic E-state index is 0.0355. The molecule has 0 aliphatic carbocycles. The molecule has 1 atom stereocenters. The van der Waals surface area contributed by atoms with E-state index in [0.29, 0.717) is 23.2 Å². The van der Waals surface area contributed by atoms with E-state index in [1.807, 2.05) is 64.1 Å². The van der Waals surface area contributed by atoms with Crippen LogP contribution in [0.2, 0.25) is 0 Å². The van der Waals surface area contributed by atoms with Gasteiger partial charge in [0.15, 0.2) is 11.0 Å². The predicted molar refractivity (Wildman–Crippen MR) is 163 cm³/mol. The molecule has 5 rings (SSSR count). The molecule has 3 amide bonds. The maximum absolute atomic E-state index is 12.8. The highest BCUT2D eigenvalue weighted by atomic mass is 32.2. The Bertz CT molecular complexity index is 1700. The van der Waals surface area contributed by atoms with E-state index in [0.717, 1.165) is 33.5 Å². The number of rotatable bonds is 7. The Hall–Kier alpha value is -4.65. The van der Waals surface area contributed by atoms with E-state index in [4.69, 9.17) is 0 Å². The minimum atomic E-state index is -4.76. The second kappa shape index (κ2) is 12.5. The van der Waals surface area contributed by atoms with E-state index >= 15 is 0 Å². The number of aromatic nitrogens is 3. The van der Waals surface area contributed by atoms with Crippen LogP contribution in [0, 0.1) is 20.8 Å². The highest BCUT2D eigenvalue weighted by Crippen LogP contribution is 2.33. The number of hydrogen-bond acceptors (Lipinski definition) is 6. The Balaban J connectivity index is 1.20. The number of nitrogens with one attached hydrogen (secondary N) is 1. The molecule has 0 bridgehead atoms. The lowest BCUT2D eigenvalue weighted by atomic mass is 10.00. The number of carbonyl (C=O) groups is 2. The molecule has 4 aromatic rings. The standard InChI is InChI=1S/C31H29F3N6O3S/c1-18-13-19(2)27(20(3)14-18)40-26(41)16-44-30(40)37-29(42)35-15-21(4)22-5-7-23(8-6-22)28-36-17-39(38-28)24-9-11-25(12-10-24)43-31(32,33)34/h5-14,17,21H,15-16H2,1-4H3,(H,35,42). The number of thioether (sulfide) groups is 1. The fourth-order valence-electron chi connectivity index (χ4n) is 4.96. The zero-order valence-corrected chi connectivity index (χ0v) is 25.2. The molecule has 1 aliphatic rings. The van der Waals surface area contributed by atoms with Gasteiger partial charge in [0.2, 0.25) is 5.91 Å². The maximum atomic E-state index is 12.8. The number of benzene rings is 3. The van der Waals surface area contributed by atoms with Crippen LogP contribution in [-0.4, -0.2) is 50.5 Å². The van der Waals surface area contributed by atoms with Crippen molar-refractivity contribution in [3.63, 3.8) is 0 Å². The second-order valence-electron chi connectivity index (χ2n) is 10.4. The number of amidine groups is 1. The van der Waals surface area contributed by atoms with Gasteiger partial charge < -0.3 is 10.1 Å². The summed E-state index contributed by atoms with van der Waals surface area (Å²) < 4.78 is 42.6. The van der Waals surface area contributed by atoms with Crippen LogP contribution in [0.1, 0.15) is 35.1 Å². The van der Waals surface area contributed by atoms with E-state index in [1.54, 1.807) is 0 Å². The monoisotopic (exact) mass is 622 g/mol. The number of amides is 3. The summed E-state index contributed by atoms with van der Waals surface area (Å²) >= 11 is 1.24. The molecule has 0 saturated carbocycles. The largest absolute Gasteiger partial charge is 0.573 e. The molecule has 1 saturated heterocycles. The first-order valence-electron chi connectivity index (χ1n) is 13.7. The van der Waals surface area contributed by atoms with Gasteiger partial charge in [-0.15, -0.1) is 18.3 Å². The fourth-order valence-corrected chi connectivity index (χ4v) is 5.81. The second-order valence-corrected chi connectivity index (χ2v) is 11.4. The summed E-state index contributed by atoms with van der Waals surface area (Å²) in [5.41, 5.74) is 5.99. The number of halogens is 3. The molecule has 228 valence electrons. The first-order chi connectivity index (χ1) is 20.9. The topological polar surface area (TPSA) is 102 Å². The van der Waals surface area contributed by atoms with Crippen LogP contribution in [0.15, 0.2) is 72.0 Å². The zero-order chi connectivity index (χ0) is 31.6. The third kappa shape index (κ3) is 7.10. The molecule has 1 fully saturated rings. The number of ether oxygens (including phenoxy) is 1. The molecule has 1 unspecified atom stereocenters. The number of nitrogens with zero attached hydrogens (tertiary/aromatic N) is 5. The van der Waals surface area contributed by atoms with E-state index in [-0.39, 0.29) is 23.3 Å². The first kappa shape index (κ1) is 30.8. The van der Waals surface area contributed by atoms with Crippen LogP contribution in [0.5, 0.6) is 5.75 Å². The molecule has 1 N–H and O–H groups in total. The van der Waals surface area contributed by atoms with Gasteiger partial charge in [0.25, 0.3) is 0 Å². The summed E-state index contributed by atoms with van der Waals surface area (Å²) in [6.45, 7) is 8.18. The Labute approximate surface area is 256 Å². The van der Waals surface area contributed by atoms with Crippen molar-refractivity contribution >= 4 is 34.6 Å². The van der Waals surface area contributed by atoms with Crippen LogP contribution in [0.3, 0.4) is 0 Å². The summed E-state index contributed by atoms with van der Waals surface area (Å²) in [4.78, 5) is 35.5. The van der Waals surface area contributed by atoms with E-state index in [2.05, 4.69) is 25.1 Å². The fraction of sp³-hybridized carbons (Fsp3) is 0.258. The van der Waals surface area contributed by atoms with Crippen molar-refractivity contribution in [2.45, 2.75) is 40.0 Å². The van der Waals surface area contributed by atoms with Crippen molar-refractivity contribution < 1.29 is 27.5 Å². The van der Waals surface area contributed by atoms with Gasteiger partial charge in [-0.1, -0.05) is 60.6 Å². The smallest absolute Gasteiger partial charge is 0.406 e. The molecule has 44 heavy (non-hydrogen) atoms. The number of aliphatic imine (C=N–C) groups is 1. The van der Waals surface area contributed by atoms with Crippen molar-refractivity contribution in [3.05, 3.63) is 89.2 Å². The molecule has 1 aliphatic heterocycles. The molecule has 0 radical (unpaired) electrons. The Morgan fingerprint density at radius 1 is 1.07 bits per heavy atom. The summed E-state index contributed by atoms with van der Waals surface area (Å²) in [6.07, 6.45) is -3.29.